The number of aliphatic hydroxyl groups excluding tert-OH is 1. The summed E-state index contributed by atoms with van der Waals surface area (Å²) in [6.45, 7) is 2.51. The zero-order valence-corrected chi connectivity index (χ0v) is 16.0. The lowest BCUT2D eigenvalue weighted by Crippen LogP contribution is -2.26. The molecule has 0 unspecified atom stereocenters. The molecule has 0 spiro atoms. The van der Waals surface area contributed by atoms with Crippen molar-refractivity contribution in [1.29, 1.82) is 0 Å². The lowest BCUT2D eigenvalue weighted by Gasteiger charge is -2.17. The number of hydrogen-bond donors (Lipinski definition) is 2. The largest absolute Gasteiger partial charge is 0.515 e. The Morgan fingerprint density at radius 1 is 1.15 bits per heavy atom. The minimum absolute atomic E-state index is 0.251. The zero-order chi connectivity index (χ0) is 19.2. The molecule has 1 amide bonds. The highest BCUT2D eigenvalue weighted by Gasteiger charge is 2.15. The van der Waals surface area contributed by atoms with Crippen LogP contribution in [0.4, 0.5) is 0 Å². The van der Waals surface area contributed by atoms with Crippen LogP contribution in [0.2, 0.25) is 0 Å². The molecule has 2 N–H and O–H groups in total. The van der Waals surface area contributed by atoms with Gasteiger partial charge in [-0.1, -0.05) is 30.3 Å². The third kappa shape index (κ3) is 4.51. The Morgan fingerprint density at radius 2 is 1.93 bits per heavy atom. The number of methoxy groups -OCH3 is 1. The number of carbonyl (C=O) groups excluding carboxylic acids is 1. The van der Waals surface area contributed by atoms with Crippen molar-refractivity contribution in [1.82, 2.24) is 5.32 Å². The number of ether oxygens (including phenoxy) is 1. The van der Waals surface area contributed by atoms with Crippen LogP contribution in [-0.4, -0.2) is 24.7 Å². The van der Waals surface area contributed by atoms with Gasteiger partial charge in [0, 0.05) is 6.54 Å². The van der Waals surface area contributed by atoms with Gasteiger partial charge in [0.1, 0.15) is 5.75 Å². The first-order chi connectivity index (χ1) is 13.1. The number of benzene rings is 2. The second kappa shape index (κ2) is 8.76. The third-order valence-electron chi connectivity index (χ3n) is 5.19. The van der Waals surface area contributed by atoms with E-state index in [1.54, 1.807) is 7.11 Å². The molecule has 0 aromatic heterocycles. The predicted octanol–water partition coefficient (Wildman–Crippen LogP) is 4.14. The molecule has 2 aromatic rings. The highest BCUT2D eigenvalue weighted by Crippen LogP contribution is 2.25. The topological polar surface area (TPSA) is 58.6 Å². The highest BCUT2D eigenvalue weighted by molar-refractivity contribution is 6.19. The first-order valence-electron chi connectivity index (χ1n) is 9.50. The molecule has 0 atom stereocenters. The molecule has 4 nitrogen and oxygen atoms in total. The molecule has 0 heterocycles. The minimum atomic E-state index is -0.251. The van der Waals surface area contributed by atoms with E-state index in [1.807, 2.05) is 31.2 Å². The molecule has 0 saturated carbocycles. The maximum atomic E-state index is 12.5. The van der Waals surface area contributed by atoms with Gasteiger partial charge < -0.3 is 15.2 Å². The van der Waals surface area contributed by atoms with Crippen LogP contribution in [0.25, 0.3) is 5.57 Å². The number of amides is 1. The van der Waals surface area contributed by atoms with Crippen molar-refractivity contribution in [2.45, 2.75) is 39.0 Å². The van der Waals surface area contributed by atoms with E-state index in [9.17, 15) is 9.90 Å². The van der Waals surface area contributed by atoms with Crippen LogP contribution in [0.1, 0.15) is 40.7 Å². The van der Waals surface area contributed by atoms with E-state index in [1.165, 1.54) is 24.0 Å². The average Bonchev–Trinajstić information content (AvgIpc) is 2.68. The summed E-state index contributed by atoms with van der Waals surface area (Å²) in [5.74, 6) is 0.610. The Morgan fingerprint density at radius 3 is 2.63 bits per heavy atom. The molecule has 0 fully saturated rings. The Hall–Kier alpha value is -2.75. The van der Waals surface area contributed by atoms with Crippen LogP contribution in [0.15, 0.2) is 42.7 Å². The van der Waals surface area contributed by atoms with Gasteiger partial charge in [0.2, 0.25) is 0 Å². The first kappa shape index (κ1) is 19.0. The molecular formula is C23H27NO3. The van der Waals surface area contributed by atoms with Gasteiger partial charge in [-0.2, -0.15) is 0 Å². The molecular weight excluding hydrogens is 338 g/mol. The van der Waals surface area contributed by atoms with Crippen LogP contribution in [0.3, 0.4) is 0 Å². The molecule has 1 aliphatic rings. The summed E-state index contributed by atoms with van der Waals surface area (Å²) in [7, 11) is 1.66. The summed E-state index contributed by atoms with van der Waals surface area (Å²) in [5, 5.41) is 12.5. The second-order valence-electron chi connectivity index (χ2n) is 7.04. The number of carbonyl (C=O) groups is 1. The molecule has 3 rings (SSSR count). The number of hydrogen-bond acceptors (Lipinski definition) is 3. The van der Waals surface area contributed by atoms with Gasteiger partial charge in [-0.3, -0.25) is 4.79 Å². The normalized spacial score (nSPS) is 13.8. The van der Waals surface area contributed by atoms with Crippen LogP contribution in [0.5, 0.6) is 5.75 Å². The average molecular weight is 365 g/mol. The van der Waals surface area contributed by atoms with Gasteiger partial charge in [-0.15, -0.1) is 0 Å². The Kier molecular flexibility index (Phi) is 6.17. The van der Waals surface area contributed by atoms with Gasteiger partial charge in [-0.05, 0) is 72.9 Å². The Labute approximate surface area is 160 Å². The van der Waals surface area contributed by atoms with Gasteiger partial charge >= 0.3 is 0 Å². The molecule has 0 saturated heterocycles. The van der Waals surface area contributed by atoms with E-state index in [0.717, 1.165) is 48.0 Å². The number of aliphatic hydroxyl groups is 1. The Balaban J connectivity index is 1.61. The van der Waals surface area contributed by atoms with E-state index in [4.69, 9.17) is 4.74 Å². The highest BCUT2D eigenvalue weighted by atomic mass is 16.5. The summed E-state index contributed by atoms with van der Waals surface area (Å²) in [4.78, 5) is 12.5. The fourth-order valence-corrected chi connectivity index (χ4v) is 3.68. The molecule has 4 heteroatoms. The molecule has 1 aliphatic carbocycles. The summed E-state index contributed by atoms with van der Waals surface area (Å²) in [6, 6.07) is 12.1. The van der Waals surface area contributed by atoms with E-state index < -0.39 is 0 Å². The molecule has 2 aromatic carbocycles. The quantitative estimate of drug-likeness (QED) is 0.597. The molecule has 27 heavy (non-hydrogen) atoms. The fraction of sp³-hybridized carbons (Fsp3) is 0.348. The van der Waals surface area contributed by atoms with E-state index in [2.05, 4.69) is 17.4 Å². The van der Waals surface area contributed by atoms with E-state index in [0.29, 0.717) is 12.1 Å². The lowest BCUT2D eigenvalue weighted by molar-refractivity contribution is -0.115. The monoisotopic (exact) mass is 365 g/mol. The van der Waals surface area contributed by atoms with Crippen molar-refractivity contribution in [3.8, 4) is 5.75 Å². The van der Waals surface area contributed by atoms with Gasteiger partial charge in [0.15, 0.2) is 0 Å². The number of fused-ring (bicyclic) bond motifs is 1. The summed E-state index contributed by atoms with van der Waals surface area (Å²) in [5.41, 5.74) is 5.95. The molecule has 0 bridgehead atoms. The maximum absolute atomic E-state index is 12.5. The van der Waals surface area contributed by atoms with Crippen LogP contribution < -0.4 is 10.1 Å². The summed E-state index contributed by atoms with van der Waals surface area (Å²) >= 11 is 0. The second-order valence-corrected chi connectivity index (χ2v) is 7.04. The van der Waals surface area contributed by atoms with Gasteiger partial charge in [-0.25, -0.2) is 0 Å². The molecule has 0 aliphatic heterocycles. The fourth-order valence-electron chi connectivity index (χ4n) is 3.68. The van der Waals surface area contributed by atoms with Gasteiger partial charge in [0.05, 0.1) is 18.9 Å². The predicted molar refractivity (Wildman–Crippen MR) is 108 cm³/mol. The van der Waals surface area contributed by atoms with Crippen LogP contribution in [-0.2, 0) is 24.1 Å². The number of rotatable bonds is 6. The van der Waals surface area contributed by atoms with Crippen LogP contribution >= 0.6 is 0 Å². The number of aryl methyl sites for hydroxylation is 3. The minimum Gasteiger partial charge on any atom is -0.515 e. The smallest absolute Gasteiger partial charge is 0.255 e. The van der Waals surface area contributed by atoms with E-state index in [-0.39, 0.29) is 5.91 Å². The molecule has 0 radical (unpaired) electrons. The van der Waals surface area contributed by atoms with E-state index >= 15 is 0 Å². The molecule has 142 valence electrons. The summed E-state index contributed by atoms with van der Waals surface area (Å²) < 4.78 is 5.27. The van der Waals surface area contributed by atoms with Crippen molar-refractivity contribution in [3.63, 3.8) is 0 Å². The van der Waals surface area contributed by atoms with Gasteiger partial charge in [0.25, 0.3) is 5.91 Å². The lowest BCUT2D eigenvalue weighted by atomic mass is 9.89. The van der Waals surface area contributed by atoms with Crippen LogP contribution in [0, 0.1) is 6.92 Å². The SMILES string of the molecule is COc1ccc(CCNC(=O)/C(=C\O)c2ccc3c(c2)CCCC3)cc1C. The Bertz CT molecular complexity index is 855. The first-order valence-corrected chi connectivity index (χ1v) is 9.50. The maximum Gasteiger partial charge on any atom is 0.255 e. The number of nitrogens with one attached hydrogen (secondary N) is 1. The third-order valence-corrected chi connectivity index (χ3v) is 5.19. The van der Waals surface area contributed by atoms with Crippen molar-refractivity contribution in [3.05, 3.63) is 70.5 Å². The zero-order valence-electron chi connectivity index (χ0n) is 16.0. The standard InChI is InChI=1S/C23H27NO3/c1-16-13-17(7-10-22(16)27-2)11-12-24-23(26)21(15-25)20-9-8-18-5-3-4-6-19(18)14-20/h7-10,13-15,25H,3-6,11-12H2,1-2H3,(H,24,26)/b21-15-. The van der Waals surface area contributed by atoms with Crippen molar-refractivity contribution in [2.75, 3.05) is 13.7 Å². The summed E-state index contributed by atoms with van der Waals surface area (Å²) in [6.07, 6.45) is 6.18. The van der Waals surface area contributed by atoms with Crippen molar-refractivity contribution >= 4 is 11.5 Å². The van der Waals surface area contributed by atoms with Crippen molar-refractivity contribution < 1.29 is 14.6 Å². The van der Waals surface area contributed by atoms with Crippen molar-refractivity contribution in [2.24, 2.45) is 0 Å².